The van der Waals surface area contributed by atoms with Crippen LogP contribution in [0.2, 0.25) is 0 Å². The van der Waals surface area contributed by atoms with E-state index in [1.165, 1.54) is 4.90 Å². The normalized spacial score (nSPS) is 27.7. The Bertz CT molecular complexity index is 712. The van der Waals surface area contributed by atoms with Gasteiger partial charge in [-0.1, -0.05) is 20.8 Å². The summed E-state index contributed by atoms with van der Waals surface area (Å²) in [4.78, 5) is 40.5. The van der Waals surface area contributed by atoms with E-state index < -0.39 is 11.6 Å². The van der Waals surface area contributed by atoms with Crippen molar-refractivity contribution in [1.29, 1.82) is 0 Å². The molecular formula is C19H27N3O4. The zero-order chi connectivity index (χ0) is 19.1. The highest BCUT2D eigenvalue weighted by Crippen LogP contribution is 2.46. The van der Waals surface area contributed by atoms with E-state index in [1.807, 2.05) is 0 Å². The van der Waals surface area contributed by atoms with E-state index in [4.69, 9.17) is 4.42 Å². The molecule has 1 N–H and O–H groups in total. The average molecular weight is 361 g/mol. The Morgan fingerprint density at radius 2 is 2.12 bits per heavy atom. The molecule has 0 unspecified atom stereocenters. The topological polar surface area (TPSA) is 82.9 Å². The number of amides is 4. The molecule has 142 valence electrons. The number of nitrogens with one attached hydrogen (secondary N) is 1. The lowest BCUT2D eigenvalue weighted by atomic mass is 9.64. The van der Waals surface area contributed by atoms with Crippen LogP contribution < -0.4 is 5.32 Å². The molecule has 1 saturated heterocycles. The molecular weight excluding hydrogens is 334 g/mol. The highest BCUT2D eigenvalue weighted by atomic mass is 16.3. The molecule has 2 atom stereocenters. The van der Waals surface area contributed by atoms with Crippen molar-refractivity contribution in [2.45, 2.75) is 52.1 Å². The SMILES string of the molecule is C[C@@H]1CC(C)(C)C[C@@]2(C1)NC(=O)N(CC(=O)N(C)Cc1ccco1)C2=O. The number of carbonyl (C=O) groups excluding carboxylic acids is 3. The zero-order valence-electron chi connectivity index (χ0n) is 15.9. The van der Waals surface area contributed by atoms with Gasteiger partial charge in [0.15, 0.2) is 0 Å². The molecule has 2 fully saturated rings. The van der Waals surface area contributed by atoms with Crippen molar-refractivity contribution in [3.8, 4) is 0 Å². The molecule has 1 spiro atoms. The second kappa shape index (κ2) is 6.45. The van der Waals surface area contributed by atoms with Crippen molar-refractivity contribution < 1.29 is 18.8 Å². The summed E-state index contributed by atoms with van der Waals surface area (Å²) in [6.07, 6.45) is 3.78. The van der Waals surface area contributed by atoms with E-state index in [0.29, 0.717) is 31.1 Å². The van der Waals surface area contributed by atoms with Crippen LogP contribution in [0.5, 0.6) is 0 Å². The van der Waals surface area contributed by atoms with Crippen LogP contribution in [0.15, 0.2) is 22.8 Å². The second-order valence-corrected chi connectivity index (χ2v) is 8.59. The van der Waals surface area contributed by atoms with Gasteiger partial charge in [-0.25, -0.2) is 4.79 Å². The second-order valence-electron chi connectivity index (χ2n) is 8.59. The minimum absolute atomic E-state index is 0.0310. The van der Waals surface area contributed by atoms with Crippen LogP contribution in [0.4, 0.5) is 4.79 Å². The first-order valence-electron chi connectivity index (χ1n) is 9.02. The monoisotopic (exact) mass is 361 g/mol. The quantitative estimate of drug-likeness (QED) is 0.835. The van der Waals surface area contributed by atoms with Crippen molar-refractivity contribution in [2.75, 3.05) is 13.6 Å². The molecule has 7 heteroatoms. The van der Waals surface area contributed by atoms with Crippen molar-refractivity contribution in [3.63, 3.8) is 0 Å². The summed E-state index contributed by atoms with van der Waals surface area (Å²) in [6, 6.07) is 3.05. The van der Waals surface area contributed by atoms with E-state index in [0.717, 1.165) is 11.3 Å². The Morgan fingerprint density at radius 3 is 2.73 bits per heavy atom. The van der Waals surface area contributed by atoms with Crippen LogP contribution in [0.25, 0.3) is 0 Å². The number of urea groups is 1. The van der Waals surface area contributed by atoms with Crippen LogP contribution in [-0.4, -0.2) is 46.8 Å². The van der Waals surface area contributed by atoms with Gasteiger partial charge in [-0.05, 0) is 42.7 Å². The number of hydrogen-bond acceptors (Lipinski definition) is 4. The van der Waals surface area contributed by atoms with Gasteiger partial charge < -0.3 is 14.6 Å². The van der Waals surface area contributed by atoms with Gasteiger partial charge in [0.05, 0.1) is 12.8 Å². The Hall–Kier alpha value is -2.31. The predicted octanol–water partition coefficient (Wildman–Crippen LogP) is 2.37. The first-order valence-corrected chi connectivity index (χ1v) is 9.02. The van der Waals surface area contributed by atoms with E-state index in [-0.39, 0.29) is 23.8 Å². The van der Waals surface area contributed by atoms with Crippen molar-refractivity contribution in [1.82, 2.24) is 15.1 Å². The van der Waals surface area contributed by atoms with Gasteiger partial charge in [0.2, 0.25) is 5.91 Å². The maximum atomic E-state index is 13.1. The zero-order valence-corrected chi connectivity index (χ0v) is 15.9. The summed E-state index contributed by atoms with van der Waals surface area (Å²) in [7, 11) is 1.63. The van der Waals surface area contributed by atoms with Crippen LogP contribution in [-0.2, 0) is 16.1 Å². The minimum atomic E-state index is -0.877. The number of rotatable bonds is 4. The first kappa shape index (κ1) is 18.5. The molecule has 4 amide bonds. The standard InChI is InChI=1S/C19H27N3O4/c1-13-8-18(2,3)12-19(9-13)16(24)22(17(25)20-19)11-15(23)21(4)10-14-6-5-7-26-14/h5-7,13H,8-12H2,1-4H3,(H,20,25)/t13-,19-/m1/s1. The van der Waals surface area contributed by atoms with E-state index >= 15 is 0 Å². The van der Waals surface area contributed by atoms with Crippen LogP contribution in [0, 0.1) is 11.3 Å². The predicted molar refractivity (Wildman–Crippen MR) is 95.0 cm³/mol. The van der Waals surface area contributed by atoms with Crippen molar-refractivity contribution >= 4 is 17.8 Å². The summed E-state index contributed by atoms with van der Waals surface area (Å²) >= 11 is 0. The molecule has 1 saturated carbocycles. The van der Waals surface area contributed by atoms with Gasteiger partial charge >= 0.3 is 6.03 Å². The molecule has 7 nitrogen and oxygen atoms in total. The van der Waals surface area contributed by atoms with E-state index in [2.05, 4.69) is 26.1 Å². The van der Waals surface area contributed by atoms with E-state index in [9.17, 15) is 14.4 Å². The molecule has 1 aliphatic carbocycles. The Kier molecular flexibility index (Phi) is 4.58. The molecule has 3 rings (SSSR count). The summed E-state index contributed by atoms with van der Waals surface area (Å²) < 4.78 is 5.24. The third-order valence-electron chi connectivity index (χ3n) is 5.32. The highest BCUT2D eigenvalue weighted by Gasteiger charge is 2.56. The van der Waals surface area contributed by atoms with Crippen molar-refractivity contribution in [2.24, 2.45) is 11.3 Å². The Balaban J connectivity index is 1.70. The molecule has 1 aromatic rings. The lowest BCUT2D eigenvalue weighted by Gasteiger charge is -2.43. The van der Waals surface area contributed by atoms with Gasteiger partial charge in [-0.3, -0.25) is 14.5 Å². The van der Waals surface area contributed by atoms with Gasteiger partial charge in [-0.2, -0.15) is 0 Å². The lowest BCUT2D eigenvalue weighted by molar-refractivity contribution is -0.140. The third kappa shape index (κ3) is 3.48. The van der Waals surface area contributed by atoms with Gasteiger partial charge in [0.1, 0.15) is 17.8 Å². The molecule has 1 aliphatic heterocycles. The van der Waals surface area contributed by atoms with Gasteiger partial charge in [-0.15, -0.1) is 0 Å². The first-order chi connectivity index (χ1) is 12.1. The molecule has 2 heterocycles. The van der Waals surface area contributed by atoms with Gasteiger partial charge in [0.25, 0.3) is 5.91 Å². The molecule has 0 aromatic carbocycles. The fourth-order valence-corrected chi connectivity index (χ4v) is 4.63. The van der Waals surface area contributed by atoms with Gasteiger partial charge in [0, 0.05) is 7.05 Å². The Morgan fingerprint density at radius 1 is 1.38 bits per heavy atom. The maximum absolute atomic E-state index is 13.1. The summed E-state index contributed by atoms with van der Waals surface area (Å²) in [5.74, 6) is 0.407. The summed E-state index contributed by atoms with van der Waals surface area (Å²) in [5, 5.41) is 2.89. The molecule has 26 heavy (non-hydrogen) atoms. The number of carbonyl (C=O) groups is 3. The number of nitrogens with zero attached hydrogens (tertiary/aromatic N) is 2. The lowest BCUT2D eigenvalue weighted by Crippen LogP contribution is -2.54. The van der Waals surface area contributed by atoms with Crippen LogP contribution >= 0.6 is 0 Å². The van der Waals surface area contributed by atoms with E-state index in [1.54, 1.807) is 25.4 Å². The molecule has 0 bridgehead atoms. The largest absolute Gasteiger partial charge is 0.467 e. The number of imide groups is 1. The molecule has 1 aromatic heterocycles. The van der Waals surface area contributed by atoms with Crippen LogP contribution in [0.1, 0.15) is 45.8 Å². The maximum Gasteiger partial charge on any atom is 0.325 e. The summed E-state index contributed by atoms with van der Waals surface area (Å²) in [6.45, 7) is 6.39. The molecule has 0 radical (unpaired) electrons. The molecule has 2 aliphatic rings. The average Bonchev–Trinajstić information content (AvgIpc) is 3.08. The number of likely N-dealkylation sites (N-methyl/N-ethyl adjacent to an activating group) is 1. The smallest absolute Gasteiger partial charge is 0.325 e. The van der Waals surface area contributed by atoms with Crippen LogP contribution in [0.3, 0.4) is 0 Å². The highest BCUT2D eigenvalue weighted by molar-refractivity contribution is 6.09. The number of furan rings is 1. The summed E-state index contributed by atoms with van der Waals surface area (Å²) in [5.41, 5.74) is -0.908. The Labute approximate surface area is 153 Å². The number of hydrogen-bond donors (Lipinski definition) is 1. The fourth-order valence-electron chi connectivity index (χ4n) is 4.63. The van der Waals surface area contributed by atoms with Crippen molar-refractivity contribution in [3.05, 3.63) is 24.2 Å². The third-order valence-corrected chi connectivity index (χ3v) is 5.32. The minimum Gasteiger partial charge on any atom is -0.467 e. The fraction of sp³-hybridized carbons (Fsp3) is 0.632.